The Morgan fingerprint density at radius 1 is 1.48 bits per heavy atom. The van der Waals surface area contributed by atoms with Crippen molar-refractivity contribution in [3.8, 4) is 0 Å². The number of rotatable bonds is 5. The van der Waals surface area contributed by atoms with E-state index in [1.165, 1.54) is 0 Å². The molecule has 1 aromatic rings. The number of carbonyl (C=O) groups is 1. The minimum absolute atomic E-state index is 0. The Labute approximate surface area is 142 Å². The lowest BCUT2D eigenvalue weighted by molar-refractivity contribution is -0.146. The van der Waals surface area contributed by atoms with Gasteiger partial charge in [-0.15, -0.1) is 36.2 Å². The maximum Gasteiger partial charge on any atom is 0.252 e. The number of carbonyl (C=O) groups excluding carboxylic acids is 1. The second-order valence-electron chi connectivity index (χ2n) is 4.81. The SMILES string of the molecule is COC1(C(=O)NCCc2csc(C)n2)CCNCC1.Cl.Cl. The predicted molar refractivity (Wildman–Crippen MR) is 89.9 cm³/mol. The molecule has 0 aromatic carbocycles. The van der Waals surface area contributed by atoms with Gasteiger partial charge in [-0.1, -0.05) is 0 Å². The van der Waals surface area contributed by atoms with Crippen molar-refractivity contribution in [1.29, 1.82) is 0 Å². The second-order valence-corrected chi connectivity index (χ2v) is 5.87. The van der Waals surface area contributed by atoms with E-state index in [4.69, 9.17) is 4.74 Å². The quantitative estimate of drug-likeness (QED) is 0.843. The highest BCUT2D eigenvalue weighted by molar-refractivity contribution is 7.09. The van der Waals surface area contributed by atoms with Gasteiger partial charge < -0.3 is 15.4 Å². The van der Waals surface area contributed by atoms with Crippen LogP contribution in [0, 0.1) is 6.92 Å². The molecule has 1 amide bonds. The van der Waals surface area contributed by atoms with Crippen molar-refractivity contribution in [3.05, 3.63) is 16.1 Å². The van der Waals surface area contributed by atoms with E-state index in [0.717, 1.165) is 43.1 Å². The monoisotopic (exact) mass is 355 g/mol. The summed E-state index contributed by atoms with van der Waals surface area (Å²) in [5.74, 6) is 0.00320. The summed E-state index contributed by atoms with van der Waals surface area (Å²) < 4.78 is 5.48. The van der Waals surface area contributed by atoms with Gasteiger partial charge in [0.2, 0.25) is 0 Å². The predicted octanol–water partition coefficient (Wildman–Crippen LogP) is 1.72. The molecule has 1 aliphatic rings. The average molecular weight is 356 g/mol. The number of amides is 1. The summed E-state index contributed by atoms with van der Waals surface area (Å²) in [5.41, 5.74) is 0.392. The number of nitrogens with one attached hydrogen (secondary N) is 2. The van der Waals surface area contributed by atoms with Crippen molar-refractivity contribution in [3.63, 3.8) is 0 Å². The zero-order valence-corrected chi connectivity index (χ0v) is 14.8. The van der Waals surface area contributed by atoms with E-state index < -0.39 is 5.60 Å². The van der Waals surface area contributed by atoms with Gasteiger partial charge in [-0.2, -0.15) is 0 Å². The molecule has 2 rings (SSSR count). The fourth-order valence-corrected chi connectivity index (χ4v) is 2.99. The maximum atomic E-state index is 12.3. The number of aryl methyl sites for hydroxylation is 1. The molecule has 2 N–H and O–H groups in total. The van der Waals surface area contributed by atoms with Gasteiger partial charge >= 0.3 is 0 Å². The number of nitrogens with zero attached hydrogens (tertiary/aromatic N) is 1. The molecule has 0 bridgehead atoms. The Morgan fingerprint density at radius 3 is 2.67 bits per heavy atom. The summed E-state index contributed by atoms with van der Waals surface area (Å²) in [4.78, 5) is 16.6. The Hall–Kier alpha value is -0.400. The molecular formula is C13H23Cl2N3O2S. The third-order valence-corrected chi connectivity index (χ3v) is 4.37. The lowest BCUT2D eigenvalue weighted by atomic mass is 9.91. The Kier molecular flexibility index (Phi) is 9.40. The minimum atomic E-state index is -0.650. The molecule has 0 saturated carbocycles. The first-order valence-corrected chi connectivity index (χ1v) is 7.49. The molecule has 0 atom stereocenters. The molecule has 1 aromatic heterocycles. The number of thiazole rings is 1. The van der Waals surface area contributed by atoms with Crippen LogP contribution in [0.5, 0.6) is 0 Å². The number of methoxy groups -OCH3 is 1. The highest BCUT2D eigenvalue weighted by Gasteiger charge is 2.39. The first kappa shape index (κ1) is 20.6. The van der Waals surface area contributed by atoms with Crippen molar-refractivity contribution in [1.82, 2.24) is 15.6 Å². The highest BCUT2D eigenvalue weighted by Crippen LogP contribution is 2.22. The number of hydrogen-bond donors (Lipinski definition) is 2. The second kappa shape index (κ2) is 9.58. The van der Waals surface area contributed by atoms with Crippen LogP contribution in [-0.4, -0.2) is 43.2 Å². The average Bonchev–Trinajstić information content (AvgIpc) is 2.85. The van der Waals surface area contributed by atoms with Crippen LogP contribution in [0.2, 0.25) is 0 Å². The van der Waals surface area contributed by atoms with Crippen molar-refractivity contribution in [2.45, 2.75) is 31.8 Å². The Bertz CT molecular complexity index is 437. The fourth-order valence-electron chi connectivity index (χ4n) is 2.34. The topological polar surface area (TPSA) is 63.2 Å². The van der Waals surface area contributed by atoms with Crippen LogP contribution < -0.4 is 10.6 Å². The number of ether oxygens (including phenoxy) is 1. The summed E-state index contributed by atoms with van der Waals surface area (Å²) in [6, 6.07) is 0. The molecule has 1 aliphatic heterocycles. The van der Waals surface area contributed by atoms with Crippen LogP contribution in [0.3, 0.4) is 0 Å². The summed E-state index contributed by atoms with van der Waals surface area (Å²) >= 11 is 1.64. The molecule has 5 nitrogen and oxygen atoms in total. The van der Waals surface area contributed by atoms with Crippen LogP contribution in [0.25, 0.3) is 0 Å². The van der Waals surface area contributed by atoms with Gasteiger partial charge in [0.25, 0.3) is 5.91 Å². The van der Waals surface area contributed by atoms with Crippen LogP contribution in [0.15, 0.2) is 5.38 Å². The van der Waals surface area contributed by atoms with Gasteiger partial charge in [0.05, 0.1) is 10.7 Å². The van der Waals surface area contributed by atoms with Gasteiger partial charge in [-0.3, -0.25) is 4.79 Å². The van der Waals surface area contributed by atoms with Crippen molar-refractivity contribution < 1.29 is 9.53 Å². The number of hydrogen-bond acceptors (Lipinski definition) is 5. The maximum absolute atomic E-state index is 12.3. The molecule has 8 heteroatoms. The number of piperidine rings is 1. The zero-order chi connectivity index (χ0) is 13.7. The lowest BCUT2D eigenvalue weighted by Crippen LogP contribution is -2.54. The zero-order valence-electron chi connectivity index (χ0n) is 12.3. The molecule has 0 radical (unpaired) electrons. The Balaban J connectivity index is 0.00000200. The normalized spacial score (nSPS) is 16.5. The molecule has 122 valence electrons. The molecule has 2 heterocycles. The first-order valence-electron chi connectivity index (χ1n) is 6.61. The van der Waals surface area contributed by atoms with Crippen LogP contribution in [0.1, 0.15) is 23.5 Å². The van der Waals surface area contributed by atoms with Crippen molar-refractivity contribution >= 4 is 42.1 Å². The molecule has 1 fully saturated rings. The van der Waals surface area contributed by atoms with Crippen LogP contribution in [0.4, 0.5) is 0 Å². The smallest absolute Gasteiger partial charge is 0.252 e. The number of aromatic nitrogens is 1. The lowest BCUT2D eigenvalue weighted by Gasteiger charge is -2.34. The molecular weight excluding hydrogens is 333 g/mol. The molecule has 1 saturated heterocycles. The molecule has 0 aliphatic carbocycles. The van der Waals surface area contributed by atoms with Gasteiger partial charge in [-0.05, 0) is 32.9 Å². The van der Waals surface area contributed by atoms with E-state index >= 15 is 0 Å². The minimum Gasteiger partial charge on any atom is -0.368 e. The van der Waals surface area contributed by atoms with Gasteiger partial charge in [-0.25, -0.2) is 4.98 Å². The van der Waals surface area contributed by atoms with Gasteiger partial charge in [0.1, 0.15) is 5.60 Å². The summed E-state index contributed by atoms with van der Waals surface area (Å²) in [6.45, 7) is 4.25. The van der Waals surface area contributed by atoms with Gasteiger partial charge in [0.15, 0.2) is 0 Å². The largest absolute Gasteiger partial charge is 0.368 e. The molecule has 0 unspecified atom stereocenters. The molecule has 0 spiro atoms. The third-order valence-electron chi connectivity index (χ3n) is 3.55. The Morgan fingerprint density at radius 2 is 2.14 bits per heavy atom. The van der Waals surface area contributed by atoms with Gasteiger partial charge in [0, 0.05) is 25.5 Å². The van der Waals surface area contributed by atoms with E-state index in [0.29, 0.717) is 6.54 Å². The summed E-state index contributed by atoms with van der Waals surface area (Å²) in [5, 5.41) is 9.32. The summed E-state index contributed by atoms with van der Waals surface area (Å²) in [7, 11) is 1.62. The standard InChI is InChI=1S/C13H21N3O2S.2ClH/c1-10-16-11(9-19-10)3-6-15-12(17)13(18-2)4-7-14-8-5-13;;/h9,14H,3-8H2,1-2H3,(H,15,17);2*1H. The third kappa shape index (κ3) is 5.38. The number of halogens is 2. The van der Waals surface area contributed by atoms with E-state index in [1.807, 2.05) is 12.3 Å². The molecule has 21 heavy (non-hydrogen) atoms. The summed E-state index contributed by atoms with van der Waals surface area (Å²) in [6.07, 6.45) is 2.23. The van der Waals surface area contributed by atoms with Crippen molar-refractivity contribution in [2.24, 2.45) is 0 Å². The fraction of sp³-hybridized carbons (Fsp3) is 0.692. The first-order chi connectivity index (χ1) is 9.16. The highest BCUT2D eigenvalue weighted by atomic mass is 35.5. The van der Waals surface area contributed by atoms with E-state index in [-0.39, 0.29) is 30.7 Å². The van der Waals surface area contributed by atoms with Crippen molar-refractivity contribution in [2.75, 3.05) is 26.7 Å². The van der Waals surface area contributed by atoms with E-state index in [9.17, 15) is 4.79 Å². The van der Waals surface area contributed by atoms with E-state index in [1.54, 1.807) is 18.4 Å². The van der Waals surface area contributed by atoms with Crippen LogP contribution in [-0.2, 0) is 16.0 Å². The van der Waals surface area contributed by atoms with Crippen LogP contribution >= 0.6 is 36.2 Å². The van der Waals surface area contributed by atoms with E-state index in [2.05, 4.69) is 15.6 Å².